The second kappa shape index (κ2) is 18.3. The Kier molecular flexibility index (Phi) is 15.5. The van der Waals surface area contributed by atoms with E-state index in [-0.39, 0.29) is 32.2 Å². The van der Waals surface area contributed by atoms with E-state index >= 15 is 0 Å². The van der Waals surface area contributed by atoms with E-state index in [1.807, 2.05) is 0 Å². The van der Waals surface area contributed by atoms with Crippen LogP contribution < -0.4 is 38.5 Å². The topological polar surface area (TPSA) is 318 Å². The molecule has 18 heteroatoms. The van der Waals surface area contributed by atoms with Gasteiger partial charge in [0.15, 0.2) is 0 Å². The second-order valence-corrected chi connectivity index (χ2v) is 9.12. The average molecular weight is 586 g/mol. The number of aliphatic hydroxyl groups is 2. The van der Waals surface area contributed by atoms with Gasteiger partial charge in [-0.25, -0.2) is 9.78 Å². The highest BCUT2D eigenvalue weighted by Crippen LogP contribution is 2.05. The van der Waals surface area contributed by atoms with Crippen LogP contribution in [0, 0.1) is 0 Å². The van der Waals surface area contributed by atoms with Gasteiger partial charge in [0, 0.05) is 24.7 Å². The van der Waals surface area contributed by atoms with Crippen LogP contribution in [0.5, 0.6) is 0 Å². The number of aliphatic carboxylic acids is 1. The number of carboxylic acid groups (broad SMARTS) is 1. The normalized spacial score (nSPS) is 14.5. The quantitative estimate of drug-likeness (QED) is 0.0639. The molecule has 0 aliphatic rings. The zero-order chi connectivity index (χ0) is 30.9. The fraction of sp³-hybridized carbons (Fsp3) is 0.609. The van der Waals surface area contributed by atoms with E-state index in [0.717, 1.165) is 0 Å². The summed E-state index contributed by atoms with van der Waals surface area (Å²) in [6, 6.07) is -6.99. The minimum absolute atomic E-state index is 0.0343. The van der Waals surface area contributed by atoms with E-state index in [9.17, 15) is 44.1 Å². The predicted molar refractivity (Wildman–Crippen MR) is 141 cm³/mol. The first-order valence-corrected chi connectivity index (χ1v) is 12.8. The van der Waals surface area contributed by atoms with Crippen LogP contribution in [-0.2, 0) is 35.2 Å². The molecular weight excluding hydrogens is 546 g/mol. The summed E-state index contributed by atoms with van der Waals surface area (Å²) in [7, 11) is 0. The van der Waals surface area contributed by atoms with Crippen molar-refractivity contribution in [2.45, 2.75) is 68.7 Å². The predicted octanol–water partition coefficient (Wildman–Crippen LogP) is -5.32. The molecule has 0 radical (unpaired) electrons. The number of aromatic amines is 1. The summed E-state index contributed by atoms with van der Waals surface area (Å²) in [6.45, 7) is -1.50. The molecule has 5 amide bonds. The Bertz CT molecular complexity index is 1020. The molecule has 0 saturated carbocycles. The molecule has 18 nitrogen and oxygen atoms in total. The molecule has 1 heterocycles. The number of nitrogens with zero attached hydrogens (tertiary/aromatic N) is 1. The number of amides is 5. The molecule has 0 unspecified atom stereocenters. The van der Waals surface area contributed by atoms with Crippen molar-refractivity contribution in [3.63, 3.8) is 0 Å². The Morgan fingerprint density at radius 1 is 0.829 bits per heavy atom. The van der Waals surface area contributed by atoms with E-state index < -0.39 is 78.9 Å². The van der Waals surface area contributed by atoms with Crippen LogP contribution in [0.15, 0.2) is 12.5 Å². The number of unbranched alkanes of at least 4 members (excludes halogenated alkanes) is 1. The summed E-state index contributed by atoms with van der Waals surface area (Å²) >= 11 is 0. The molecule has 5 atom stereocenters. The number of nitrogens with one attached hydrogen (secondary N) is 5. The van der Waals surface area contributed by atoms with Crippen molar-refractivity contribution in [1.29, 1.82) is 0 Å². The molecule has 0 fully saturated rings. The number of hydrogen-bond donors (Lipinski definition) is 11. The first-order valence-electron chi connectivity index (χ1n) is 12.8. The fourth-order valence-electron chi connectivity index (χ4n) is 3.52. The smallest absolute Gasteiger partial charge is 0.326 e. The first kappa shape index (κ1) is 34.9. The van der Waals surface area contributed by atoms with Crippen LogP contribution in [0.4, 0.5) is 0 Å². The highest BCUT2D eigenvalue weighted by atomic mass is 16.4. The summed E-state index contributed by atoms with van der Waals surface area (Å²) in [5, 5.41) is 37.7. The maximum atomic E-state index is 12.9. The van der Waals surface area contributed by atoms with E-state index in [1.54, 1.807) is 0 Å². The van der Waals surface area contributed by atoms with Crippen molar-refractivity contribution in [1.82, 2.24) is 31.2 Å². The lowest BCUT2D eigenvalue weighted by Gasteiger charge is -2.25. The molecule has 0 aliphatic heterocycles. The van der Waals surface area contributed by atoms with Gasteiger partial charge in [-0.15, -0.1) is 0 Å². The molecule has 1 aromatic rings. The highest BCUT2D eigenvalue weighted by Gasteiger charge is 2.31. The molecule has 1 aromatic heterocycles. The number of nitrogens with two attached hydrogens (primary N) is 3. The Morgan fingerprint density at radius 3 is 1.85 bits per heavy atom. The van der Waals surface area contributed by atoms with Crippen LogP contribution in [0.1, 0.15) is 37.8 Å². The zero-order valence-corrected chi connectivity index (χ0v) is 22.4. The van der Waals surface area contributed by atoms with E-state index in [4.69, 9.17) is 17.2 Å². The third kappa shape index (κ3) is 12.7. The molecule has 14 N–H and O–H groups in total. The molecular formula is C23H39N9O9. The molecule has 230 valence electrons. The largest absolute Gasteiger partial charge is 0.480 e. The van der Waals surface area contributed by atoms with Crippen molar-refractivity contribution in [3.05, 3.63) is 18.2 Å². The molecule has 0 bridgehead atoms. The fourth-order valence-corrected chi connectivity index (χ4v) is 3.52. The summed E-state index contributed by atoms with van der Waals surface area (Å²) in [4.78, 5) is 79.9. The van der Waals surface area contributed by atoms with E-state index in [2.05, 4.69) is 31.2 Å². The number of primary amides is 1. The Morgan fingerprint density at radius 2 is 1.37 bits per heavy atom. The van der Waals surface area contributed by atoms with Gasteiger partial charge in [0.05, 0.1) is 25.6 Å². The third-order valence-electron chi connectivity index (χ3n) is 5.84. The van der Waals surface area contributed by atoms with E-state index in [0.29, 0.717) is 18.5 Å². The minimum Gasteiger partial charge on any atom is -0.480 e. The standard InChI is InChI=1S/C23H39N9O9/c24-6-2-1-3-14(20(37)30-15(23(40)41)4-5-18(26)35)29-21(38)17(10-34)32-22(39)16(9-33)31-19(36)13(25)7-12-8-27-11-28-12/h8,11,13-17,33-34H,1-7,9-10,24-25H2,(H2,26,35)(H,27,28)(H,29,38)(H,30,37)(H,31,36)(H,32,39)(H,40,41)/t13-,14-,15-,16-,17-/m0/s1. The highest BCUT2D eigenvalue weighted by molar-refractivity contribution is 5.95. The summed E-state index contributed by atoms with van der Waals surface area (Å²) < 4.78 is 0. The number of H-pyrrole nitrogens is 1. The lowest BCUT2D eigenvalue weighted by molar-refractivity contribution is -0.142. The van der Waals surface area contributed by atoms with Gasteiger partial charge < -0.3 is 58.8 Å². The lowest BCUT2D eigenvalue weighted by atomic mass is 10.1. The van der Waals surface area contributed by atoms with Crippen molar-refractivity contribution in [2.75, 3.05) is 19.8 Å². The number of aromatic nitrogens is 2. The van der Waals surface area contributed by atoms with Crippen LogP contribution in [0.25, 0.3) is 0 Å². The molecule has 0 spiro atoms. The monoisotopic (exact) mass is 585 g/mol. The number of hydrogen-bond acceptors (Lipinski definition) is 11. The van der Waals surface area contributed by atoms with Crippen LogP contribution >= 0.6 is 0 Å². The molecule has 0 aliphatic carbocycles. The number of carbonyl (C=O) groups is 6. The average Bonchev–Trinajstić information content (AvgIpc) is 3.44. The zero-order valence-electron chi connectivity index (χ0n) is 22.4. The van der Waals surface area contributed by atoms with Gasteiger partial charge in [-0.05, 0) is 32.2 Å². The Labute approximate surface area is 235 Å². The second-order valence-electron chi connectivity index (χ2n) is 9.12. The first-order chi connectivity index (χ1) is 19.4. The Hall–Kier alpha value is -4.13. The van der Waals surface area contributed by atoms with Crippen molar-refractivity contribution in [3.8, 4) is 0 Å². The van der Waals surface area contributed by atoms with Gasteiger partial charge in [0.2, 0.25) is 29.5 Å². The van der Waals surface area contributed by atoms with Gasteiger partial charge in [-0.3, -0.25) is 24.0 Å². The van der Waals surface area contributed by atoms with Crippen LogP contribution in [-0.4, -0.2) is 111 Å². The number of imidazole rings is 1. The summed E-state index contributed by atoms with van der Waals surface area (Å²) in [5.74, 6) is -5.88. The summed E-state index contributed by atoms with van der Waals surface area (Å²) in [5.41, 5.74) is 16.9. The number of carbonyl (C=O) groups excluding carboxylic acids is 5. The third-order valence-corrected chi connectivity index (χ3v) is 5.84. The number of carboxylic acids is 1. The van der Waals surface area contributed by atoms with Crippen molar-refractivity contribution >= 4 is 35.5 Å². The van der Waals surface area contributed by atoms with Crippen LogP contribution in [0.3, 0.4) is 0 Å². The van der Waals surface area contributed by atoms with E-state index in [1.165, 1.54) is 12.5 Å². The summed E-state index contributed by atoms with van der Waals surface area (Å²) in [6.07, 6.45) is 3.20. The molecule has 41 heavy (non-hydrogen) atoms. The SMILES string of the molecule is NCCCC[C@H](NC(=O)[C@H](CO)NC(=O)[C@H](CO)NC(=O)[C@@H](N)Cc1cnc[nH]1)C(=O)N[C@@H](CCC(N)=O)C(=O)O. The number of rotatable bonds is 20. The maximum Gasteiger partial charge on any atom is 0.326 e. The van der Waals surface area contributed by atoms with Gasteiger partial charge in [-0.1, -0.05) is 0 Å². The van der Waals surface area contributed by atoms with Crippen molar-refractivity contribution in [2.24, 2.45) is 17.2 Å². The van der Waals surface area contributed by atoms with Gasteiger partial charge in [-0.2, -0.15) is 0 Å². The minimum atomic E-state index is -1.61. The lowest BCUT2D eigenvalue weighted by Crippen LogP contribution is -2.60. The number of aliphatic hydroxyl groups excluding tert-OH is 2. The van der Waals surface area contributed by atoms with Gasteiger partial charge in [0.1, 0.15) is 24.2 Å². The Balaban J connectivity index is 2.86. The van der Waals surface area contributed by atoms with Gasteiger partial charge in [0.25, 0.3) is 0 Å². The van der Waals surface area contributed by atoms with Crippen molar-refractivity contribution < 1.29 is 44.1 Å². The van der Waals surface area contributed by atoms with Crippen LogP contribution in [0.2, 0.25) is 0 Å². The molecule has 0 saturated heterocycles. The molecule has 0 aromatic carbocycles. The van der Waals surface area contributed by atoms with Gasteiger partial charge >= 0.3 is 5.97 Å². The maximum absolute atomic E-state index is 12.9. The molecule has 1 rings (SSSR count).